The maximum atomic E-state index is 12.6. The summed E-state index contributed by atoms with van der Waals surface area (Å²) >= 11 is 1.63. The number of carbonyl (C=O) groups is 1. The van der Waals surface area contributed by atoms with E-state index in [2.05, 4.69) is 24.3 Å². The van der Waals surface area contributed by atoms with Crippen molar-refractivity contribution in [2.45, 2.75) is 19.9 Å². The number of methoxy groups -OCH3 is 1. The van der Waals surface area contributed by atoms with Gasteiger partial charge in [-0.1, -0.05) is 37.2 Å². The van der Waals surface area contributed by atoms with E-state index in [4.69, 9.17) is 9.26 Å². The zero-order valence-electron chi connectivity index (χ0n) is 14.4. The van der Waals surface area contributed by atoms with Crippen LogP contribution in [0.5, 0.6) is 5.75 Å². The van der Waals surface area contributed by atoms with Crippen LogP contribution in [0.15, 0.2) is 52.4 Å². The van der Waals surface area contributed by atoms with E-state index in [1.54, 1.807) is 24.5 Å². The highest BCUT2D eigenvalue weighted by Gasteiger charge is 2.22. The second kappa shape index (κ2) is 7.53. The number of para-hydroxylation sites is 1. The van der Waals surface area contributed by atoms with Gasteiger partial charge in [-0.05, 0) is 29.5 Å². The number of aromatic nitrogens is 1. The number of benzene rings is 1. The van der Waals surface area contributed by atoms with Gasteiger partial charge < -0.3 is 14.6 Å². The minimum Gasteiger partial charge on any atom is -0.496 e. The molecule has 130 valence electrons. The van der Waals surface area contributed by atoms with Crippen LogP contribution < -0.4 is 10.1 Å². The predicted molar refractivity (Wildman–Crippen MR) is 97.9 cm³/mol. The Kier molecular flexibility index (Phi) is 5.19. The normalized spacial score (nSPS) is 12.2. The lowest BCUT2D eigenvalue weighted by molar-refractivity contribution is 0.0917. The molecule has 0 bridgehead atoms. The molecule has 2 aromatic heterocycles. The number of thiophene rings is 1. The highest BCUT2D eigenvalue weighted by molar-refractivity contribution is 7.10. The number of nitrogens with zero attached hydrogens (tertiary/aromatic N) is 1. The fraction of sp³-hybridized carbons (Fsp3) is 0.263. The Morgan fingerprint density at radius 1 is 1.24 bits per heavy atom. The van der Waals surface area contributed by atoms with Crippen LogP contribution in [-0.4, -0.2) is 18.2 Å². The molecule has 3 rings (SSSR count). The molecule has 0 aliphatic carbocycles. The Bertz CT molecular complexity index is 840. The lowest BCUT2D eigenvalue weighted by atomic mass is 10.0. The standard InChI is InChI=1S/C19H20N2O3S/c1-12(2)18(17-9-6-10-25-17)20-19(22)14-11-16(24-21-14)13-7-4-5-8-15(13)23-3/h4-12,18H,1-3H3,(H,20,22)/t18-/m0/s1. The Morgan fingerprint density at radius 2 is 2.04 bits per heavy atom. The van der Waals surface area contributed by atoms with E-state index in [1.807, 2.05) is 41.8 Å². The number of nitrogens with one attached hydrogen (secondary N) is 1. The van der Waals surface area contributed by atoms with Crippen LogP contribution in [-0.2, 0) is 0 Å². The minimum atomic E-state index is -0.253. The molecule has 25 heavy (non-hydrogen) atoms. The first-order chi connectivity index (χ1) is 12.1. The molecule has 1 aromatic carbocycles. The summed E-state index contributed by atoms with van der Waals surface area (Å²) in [5.41, 5.74) is 1.01. The smallest absolute Gasteiger partial charge is 0.274 e. The van der Waals surface area contributed by atoms with Crippen LogP contribution >= 0.6 is 11.3 Å². The quantitative estimate of drug-likeness (QED) is 0.704. The lowest BCUT2D eigenvalue weighted by Crippen LogP contribution is -2.31. The number of amides is 1. The predicted octanol–water partition coefficient (Wildman–Crippen LogP) is 4.54. The van der Waals surface area contributed by atoms with E-state index < -0.39 is 0 Å². The first-order valence-electron chi connectivity index (χ1n) is 8.04. The molecule has 0 fully saturated rings. The van der Waals surface area contributed by atoms with Gasteiger partial charge in [0.05, 0.1) is 18.7 Å². The summed E-state index contributed by atoms with van der Waals surface area (Å²) in [6.45, 7) is 4.15. The van der Waals surface area contributed by atoms with E-state index in [1.165, 1.54) is 0 Å². The van der Waals surface area contributed by atoms with Gasteiger partial charge in [-0.15, -0.1) is 11.3 Å². The molecule has 0 saturated carbocycles. The van der Waals surface area contributed by atoms with Crippen molar-refractivity contribution in [3.63, 3.8) is 0 Å². The van der Waals surface area contributed by atoms with Crippen molar-refractivity contribution in [3.05, 3.63) is 58.4 Å². The average Bonchev–Trinajstić information content (AvgIpc) is 3.30. The van der Waals surface area contributed by atoms with Gasteiger partial charge in [-0.25, -0.2) is 0 Å². The van der Waals surface area contributed by atoms with E-state index in [9.17, 15) is 4.79 Å². The third-order valence-corrected chi connectivity index (χ3v) is 4.87. The van der Waals surface area contributed by atoms with Gasteiger partial charge >= 0.3 is 0 Å². The molecule has 0 aliphatic heterocycles. The van der Waals surface area contributed by atoms with Crippen molar-refractivity contribution in [2.24, 2.45) is 5.92 Å². The van der Waals surface area contributed by atoms with Crippen LogP contribution in [0.4, 0.5) is 0 Å². The fourth-order valence-corrected chi connectivity index (χ4v) is 3.56. The zero-order valence-corrected chi connectivity index (χ0v) is 15.2. The number of ether oxygens (including phenoxy) is 1. The first-order valence-corrected chi connectivity index (χ1v) is 8.92. The Labute approximate surface area is 150 Å². The number of hydrogen-bond donors (Lipinski definition) is 1. The largest absolute Gasteiger partial charge is 0.496 e. The van der Waals surface area contributed by atoms with Crippen LogP contribution in [0.3, 0.4) is 0 Å². The Morgan fingerprint density at radius 3 is 2.72 bits per heavy atom. The summed E-state index contributed by atoms with van der Waals surface area (Å²) in [5, 5.41) is 8.98. The topological polar surface area (TPSA) is 64.4 Å². The van der Waals surface area contributed by atoms with Crippen molar-refractivity contribution in [2.75, 3.05) is 7.11 Å². The number of rotatable bonds is 6. The summed E-state index contributed by atoms with van der Waals surface area (Å²) in [6, 6.07) is 13.0. The van der Waals surface area contributed by atoms with Crippen LogP contribution in [0, 0.1) is 5.92 Å². The highest BCUT2D eigenvalue weighted by atomic mass is 32.1. The van der Waals surface area contributed by atoms with Gasteiger partial charge in [0, 0.05) is 10.9 Å². The van der Waals surface area contributed by atoms with Gasteiger partial charge in [-0.2, -0.15) is 0 Å². The molecule has 0 saturated heterocycles. The molecule has 1 amide bonds. The van der Waals surface area contributed by atoms with Crippen LogP contribution in [0.1, 0.15) is 35.3 Å². The zero-order chi connectivity index (χ0) is 17.8. The van der Waals surface area contributed by atoms with Crippen molar-refractivity contribution < 1.29 is 14.1 Å². The third-order valence-electron chi connectivity index (χ3n) is 3.92. The van der Waals surface area contributed by atoms with Gasteiger partial charge in [-0.3, -0.25) is 4.79 Å². The Balaban J connectivity index is 1.81. The van der Waals surface area contributed by atoms with E-state index in [0.717, 1.165) is 10.4 Å². The second-order valence-corrected chi connectivity index (χ2v) is 6.97. The molecular weight excluding hydrogens is 336 g/mol. The summed E-state index contributed by atoms with van der Waals surface area (Å²) in [5.74, 6) is 1.18. The van der Waals surface area contributed by atoms with Crippen molar-refractivity contribution in [3.8, 4) is 17.1 Å². The molecule has 0 spiro atoms. The summed E-state index contributed by atoms with van der Waals surface area (Å²) < 4.78 is 10.7. The summed E-state index contributed by atoms with van der Waals surface area (Å²) in [4.78, 5) is 13.7. The third kappa shape index (κ3) is 3.74. The van der Waals surface area contributed by atoms with Crippen molar-refractivity contribution in [1.29, 1.82) is 0 Å². The molecule has 0 radical (unpaired) electrons. The first kappa shape index (κ1) is 17.2. The van der Waals surface area contributed by atoms with E-state index in [-0.39, 0.29) is 23.6 Å². The number of carbonyl (C=O) groups excluding carboxylic acids is 1. The monoisotopic (exact) mass is 356 g/mol. The molecule has 0 aliphatic rings. The van der Waals surface area contributed by atoms with Crippen molar-refractivity contribution in [1.82, 2.24) is 10.5 Å². The second-order valence-electron chi connectivity index (χ2n) is 5.99. The van der Waals surface area contributed by atoms with Crippen molar-refractivity contribution >= 4 is 17.2 Å². The van der Waals surface area contributed by atoms with Gasteiger partial charge in [0.15, 0.2) is 11.5 Å². The van der Waals surface area contributed by atoms with Gasteiger partial charge in [0.1, 0.15) is 5.75 Å². The maximum absolute atomic E-state index is 12.6. The molecular formula is C19H20N2O3S. The molecule has 1 atom stereocenters. The molecule has 1 N–H and O–H groups in total. The van der Waals surface area contributed by atoms with Gasteiger partial charge in [0.25, 0.3) is 5.91 Å². The average molecular weight is 356 g/mol. The van der Waals surface area contributed by atoms with Crippen LogP contribution in [0.2, 0.25) is 0 Å². The van der Waals surface area contributed by atoms with E-state index in [0.29, 0.717) is 11.5 Å². The maximum Gasteiger partial charge on any atom is 0.274 e. The van der Waals surface area contributed by atoms with Crippen LogP contribution in [0.25, 0.3) is 11.3 Å². The molecule has 3 aromatic rings. The molecule has 5 nitrogen and oxygen atoms in total. The SMILES string of the molecule is COc1ccccc1-c1cc(C(=O)N[C@H](c2cccs2)C(C)C)no1. The number of hydrogen-bond acceptors (Lipinski definition) is 5. The highest BCUT2D eigenvalue weighted by Crippen LogP contribution is 2.30. The summed E-state index contributed by atoms with van der Waals surface area (Å²) in [6.07, 6.45) is 0. The lowest BCUT2D eigenvalue weighted by Gasteiger charge is -2.20. The summed E-state index contributed by atoms with van der Waals surface area (Å²) in [7, 11) is 1.59. The van der Waals surface area contributed by atoms with E-state index >= 15 is 0 Å². The Hall–Kier alpha value is -2.60. The molecule has 0 unspecified atom stereocenters. The molecule has 2 heterocycles. The molecule has 6 heteroatoms. The minimum absolute atomic E-state index is 0.0566. The fourth-order valence-electron chi connectivity index (χ4n) is 2.61. The van der Waals surface area contributed by atoms with Gasteiger partial charge in [0.2, 0.25) is 0 Å².